The van der Waals surface area contributed by atoms with Gasteiger partial charge in [-0.15, -0.1) is 0 Å². The fraction of sp³-hybridized carbons (Fsp3) is 0.812. The molecule has 6 heteroatoms. The number of carboxylic acid groups (broad SMARTS) is 1. The van der Waals surface area contributed by atoms with E-state index in [0.29, 0.717) is 25.9 Å². The van der Waals surface area contributed by atoms with Gasteiger partial charge in [-0.25, -0.2) is 0 Å². The van der Waals surface area contributed by atoms with Crippen LogP contribution in [0.2, 0.25) is 0 Å². The molecule has 1 aliphatic heterocycles. The summed E-state index contributed by atoms with van der Waals surface area (Å²) in [5, 5.41) is 8.94. The number of carbonyl (C=O) groups is 3. The summed E-state index contributed by atoms with van der Waals surface area (Å²) in [6.07, 6.45) is 2.68. The van der Waals surface area contributed by atoms with Crippen LogP contribution >= 0.6 is 0 Å². The molecule has 1 atom stereocenters. The fourth-order valence-electron chi connectivity index (χ4n) is 2.85. The van der Waals surface area contributed by atoms with Crippen molar-refractivity contribution in [3.05, 3.63) is 0 Å². The quantitative estimate of drug-likeness (QED) is 0.857. The number of hydrogen-bond acceptors (Lipinski definition) is 3. The summed E-state index contributed by atoms with van der Waals surface area (Å²) >= 11 is 0. The molecule has 1 N–H and O–H groups in total. The van der Waals surface area contributed by atoms with Crippen molar-refractivity contribution in [3.63, 3.8) is 0 Å². The maximum atomic E-state index is 12.3. The van der Waals surface area contributed by atoms with Crippen molar-refractivity contribution in [2.24, 2.45) is 5.41 Å². The minimum absolute atomic E-state index is 0.0441. The Morgan fingerprint density at radius 1 is 1.18 bits per heavy atom. The van der Waals surface area contributed by atoms with E-state index in [1.807, 2.05) is 25.7 Å². The minimum atomic E-state index is -1.000. The van der Waals surface area contributed by atoms with Crippen molar-refractivity contribution < 1.29 is 19.5 Å². The van der Waals surface area contributed by atoms with E-state index in [9.17, 15) is 14.4 Å². The van der Waals surface area contributed by atoms with Crippen LogP contribution in [0.1, 0.15) is 53.4 Å². The Bertz CT molecular complexity index is 428. The van der Waals surface area contributed by atoms with Crippen LogP contribution in [-0.2, 0) is 14.4 Å². The Kier molecular flexibility index (Phi) is 6.38. The third-order valence-electron chi connectivity index (χ3n) is 3.88. The molecule has 6 nitrogen and oxygen atoms in total. The summed E-state index contributed by atoms with van der Waals surface area (Å²) < 4.78 is 0. The van der Waals surface area contributed by atoms with Gasteiger partial charge in [0.1, 0.15) is 6.54 Å². The van der Waals surface area contributed by atoms with Crippen LogP contribution in [0.3, 0.4) is 0 Å². The molecule has 1 saturated heterocycles. The van der Waals surface area contributed by atoms with E-state index in [1.54, 1.807) is 0 Å². The van der Waals surface area contributed by atoms with Gasteiger partial charge >= 0.3 is 5.97 Å². The maximum Gasteiger partial charge on any atom is 0.323 e. The molecule has 0 aromatic heterocycles. The first-order valence-electron chi connectivity index (χ1n) is 7.87. The van der Waals surface area contributed by atoms with E-state index in [1.165, 1.54) is 11.8 Å². The summed E-state index contributed by atoms with van der Waals surface area (Å²) in [5.41, 5.74) is -0.0441. The molecule has 1 unspecified atom stereocenters. The highest BCUT2D eigenvalue weighted by atomic mass is 16.4. The molecule has 22 heavy (non-hydrogen) atoms. The van der Waals surface area contributed by atoms with Gasteiger partial charge in [-0.1, -0.05) is 20.8 Å². The van der Waals surface area contributed by atoms with Crippen molar-refractivity contribution >= 4 is 17.8 Å². The first-order chi connectivity index (χ1) is 10.1. The lowest BCUT2D eigenvalue weighted by molar-refractivity contribution is -0.145. The zero-order valence-electron chi connectivity index (χ0n) is 14.1. The van der Waals surface area contributed by atoms with Crippen molar-refractivity contribution in [1.82, 2.24) is 9.80 Å². The third kappa shape index (κ3) is 6.03. The SMILES string of the molecule is CC(=O)N(CC(=O)O)C1CCCN(C(=O)CC(C)(C)C)CC1. The van der Waals surface area contributed by atoms with Gasteiger partial charge < -0.3 is 14.9 Å². The number of carboxylic acids is 1. The second-order valence-corrected chi connectivity index (χ2v) is 7.24. The van der Waals surface area contributed by atoms with Crippen LogP contribution in [0.15, 0.2) is 0 Å². The fourth-order valence-corrected chi connectivity index (χ4v) is 2.85. The lowest BCUT2D eigenvalue weighted by Crippen LogP contribution is -2.43. The Balaban J connectivity index is 2.66. The Morgan fingerprint density at radius 2 is 1.82 bits per heavy atom. The van der Waals surface area contributed by atoms with E-state index in [2.05, 4.69) is 0 Å². The van der Waals surface area contributed by atoms with Gasteiger partial charge in [-0.05, 0) is 24.7 Å². The van der Waals surface area contributed by atoms with Crippen LogP contribution in [0, 0.1) is 5.41 Å². The van der Waals surface area contributed by atoms with E-state index in [0.717, 1.165) is 12.8 Å². The van der Waals surface area contributed by atoms with Gasteiger partial charge in [0.2, 0.25) is 11.8 Å². The van der Waals surface area contributed by atoms with Crippen LogP contribution in [-0.4, -0.2) is 58.4 Å². The van der Waals surface area contributed by atoms with E-state index >= 15 is 0 Å². The lowest BCUT2D eigenvalue weighted by atomic mass is 9.91. The maximum absolute atomic E-state index is 12.3. The number of carbonyl (C=O) groups excluding carboxylic acids is 2. The minimum Gasteiger partial charge on any atom is -0.480 e. The van der Waals surface area contributed by atoms with Gasteiger partial charge in [0.25, 0.3) is 0 Å². The van der Waals surface area contributed by atoms with Crippen LogP contribution in [0.4, 0.5) is 0 Å². The normalized spacial score (nSPS) is 19.5. The Hall–Kier alpha value is -1.59. The average Bonchev–Trinajstić information content (AvgIpc) is 2.58. The van der Waals surface area contributed by atoms with Gasteiger partial charge in [-0.2, -0.15) is 0 Å². The molecule has 0 saturated carbocycles. The molecule has 1 aliphatic rings. The predicted molar refractivity (Wildman–Crippen MR) is 83.3 cm³/mol. The largest absolute Gasteiger partial charge is 0.480 e. The highest BCUT2D eigenvalue weighted by Gasteiger charge is 2.28. The number of hydrogen-bond donors (Lipinski definition) is 1. The molecule has 0 aromatic carbocycles. The van der Waals surface area contributed by atoms with Gasteiger partial charge in [0.15, 0.2) is 0 Å². The van der Waals surface area contributed by atoms with E-state index < -0.39 is 5.97 Å². The first kappa shape index (κ1) is 18.5. The average molecular weight is 312 g/mol. The summed E-state index contributed by atoms with van der Waals surface area (Å²) in [7, 11) is 0. The third-order valence-corrected chi connectivity index (χ3v) is 3.88. The summed E-state index contributed by atoms with van der Waals surface area (Å²) in [6, 6.07) is -0.0963. The van der Waals surface area contributed by atoms with Gasteiger partial charge in [0.05, 0.1) is 0 Å². The first-order valence-corrected chi connectivity index (χ1v) is 7.87. The Morgan fingerprint density at radius 3 is 2.32 bits per heavy atom. The van der Waals surface area contributed by atoms with Crippen LogP contribution in [0.25, 0.3) is 0 Å². The molecule has 1 heterocycles. The highest BCUT2D eigenvalue weighted by Crippen LogP contribution is 2.22. The van der Waals surface area contributed by atoms with Crippen molar-refractivity contribution in [2.45, 2.75) is 59.4 Å². The molecule has 0 aromatic rings. The van der Waals surface area contributed by atoms with Gasteiger partial charge in [0, 0.05) is 32.5 Å². The molecule has 0 spiro atoms. The number of amides is 2. The number of nitrogens with zero attached hydrogens (tertiary/aromatic N) is 2. The standard InChI is InChI=1S/C16H28N2O4/c1-12(19)18(11-15(21)22)13-6-5-8-17(9-7-13)14(20)10-16(2,3)4/h13H,5-11H2,1-4H3,(H,21,22). The number of rotatable bonds is 4. The smallest absolute Gasteiger partial charge is 0.323 e. The predicted octanol–water partition coefficient (Wildman–Crippen LogP) is 1.74. The van der Waals surface area contributed by atoms with Crippen LogP contribution in [0.5, 0.6) is 0 Å². The molecule has 0 bridgehead atoms. The Labute approximate surface area is 132 Å². The molecule has 0 radical (unpaired) electrons. The van der Waals surface area contributed by atoms with E-state index in [-0.39, 0.29) is 29.8 Å². The van der Waals surface area contributed by atoms with Crippen LogP contribution < -0.4 is 0 Å². The number of aliphatic carboxylic acids is 1. The van der Waals surface area contributed by atoms with E-state index in [4.69, 9.17) is 5.11 Å². The van der Waals surface area contributed by atoms with Crippen molar-refractivity contribution in [2.75, 3.05) is 19.6 Å². The zero-order valence-corrected chi connectivity index (χ0v) is 14.1. The highest BCUT2D eigenvalue weighted by molar-refractivity contribution is 5.80. The molecule has 2 amide bonds. The molecule has 1 fully saturated rings. The van der Waals surface area contributed by atoms with Crippen molar-refractivity contribution in [1.29, 1.82) is 0 Å². The summed E-state index contributed by atoms with van der Waals surface area (Å²) in [6.45, 7) is 8.51. The second kappa shape index (κ2) is 7.61. The molecule has 1 rings (SSSR count). The summed E-state index contributed by atoms with van der Waals surface area (Å²) in [4.78, 5) is 38.2. The van der Waals surface area contributed by atoms with Crippen molar-refractivity contribution in [3.8, 4) is 0 Å². The number of likely N-dealkylation sites (tertiary alicyclic amines) is 1. The summed E-state index contributed by atoms with van der Waals surface area (Å²) in [5.74, 6) is -1.08. The molecule has 0 aliphatic carbocycles. The zero-order chi connectivity index (χ0) is 16.9. The monoisotopic (exact) mass is 312 g/mol. The molecular weight excluding hydrogens is 284 g/mol. The topological polar surface area (TPSA) is 77.9 Å². The second-order valence-electron chi connectivity index (χ2n) is 7.24. The molecule has 126 valence electrons. The van der Waals surface area contributed by atoms with Gasteiger partial charge in [-0.3, -0.25) is 14.4 Å². The molecular formula is C16H28N2O4. The lowest BCUT2D eigenvalue weighted by Gasteiger charge is -2.29.